The average molecular weight is 264 g/mol. The van der Waals surface area contributed by atoms with Crippen molar-refractivity contribution in [3.8, 4) is 0 Å². The van der Waals surface area contributed by atoms with E-state index >= 15 is 0 Å². The molecule has 0 saturated heterocycles. The number of rotatable bonds is 4. The van der Waals surface area contributed by atoms with Crippen molar-refractivity contribution in [2.24, 2.45) is 0 Å². The van der Waals surface area contributed by atoms with Crippen molar-refractivity contribution >= 4 is 15.7 Å². The molecule has 0 heterocycles. The van der Waals surface area contributed by atoms with E-state index in [1.807, 2.05) is 0 Å². The van der Waals surface area contributed by atoms with Gasteiger partial charge in [0.1, 0.15) is 0 Å². The van der Waals surface area contributed by atoms with E-state index < -0.39 is 31.3 Å². The van der Waals surface area contributed by atoms with E-state index in [0.717, 1.165) is 13.2 Å². The minimum Gasteiger partial charge on any atom is -0.290 e. The second-order valence-corrected chi connectivity index (χ2v) is 4.73. The SMILES string of the molecule is CONS(=O)(=O)c1cc([N+](=O)[O-])c(F)cc1C. The molecule has 1 aromatic rings. The van der Waals surface area contributed by atoms with Crippen LogP contribution in [0.2, 0.25) is 0 Å². The maximum Gasteiger partial charge on any atom is 0.306 e. The molecule has 9 heteroatoms. The summed E-state index contributed by atoms with van der Waals surface area (Å²) in [5.41, 5.74) is -0.871. The molecule has 94 valence electrons. The molecule has 0 aliphatic rings. The molecule has 0 unspecified atom stereocenters. The Kier molecular flexibility index (Phi) is 3.76. The normalized spacial score (nSPS) is 11.5. The number of hydrogen-bond donors (Lipinski definition) is 1. The molecule has 7 nitrogen and oxygen atoms in total. The lowest BCUT2D eigenvalue weighted by Crippen LogP contribution is -2.23. The third kappa shape index (κ3) is 2.75. The molecule has 0 aromatic heterocycles. The zero-order valence-corrected chi connectivity index (χ0v) is 9.75. The van der Waals surface area contributed by atoms with Gasteiger partial charge < -0.3 is 0 Å². The van der Waals surface area contributed by atoms with Gasteiger partial charge in [0.25, 0.3) is 10.0 Å². The lowest BCUT2D eigenvalue weighted by atomic mass is 10.2. The lowest BCUT2D eigenvalue weighted by Gasteiger charge is -2.07. The van der Waals surface area contributed by atoms with Crippen molar-refractivity contribution in [2.75, 3.05) is 7.11 Å². The van der Waals surface area contributed by atoms with Crippen molar-refractivity contribution in [2.45, 2.75) is 11.8 Å². The van der Waals surface area contributed by atoms with Gasteiger partial charge in [-0.05, 0) is 18.6 Å². The largest absolute Gasteiger partial charge is 0.306 e. The van der Waals surface area contributed by atoms with Crippen LogP contribution in [0.3, 0.4) is 0 Å². The van der Waals surface area contributed by atoms with Crippen molar-refractivity contribution in [1.82, 2.24) is 4.89 Å². The number of hydrogen-bond acceptors (Lipinski definition) is 5. The van der Waals surface area contributed by atoms with Crippen LogP contribution in [0, 0.1) is 22.9 Å². The van der Waals surface area contributed by atoms with Gasteiger partial charge >= 0.3 is 5.69 Å². The van der Waals surface area contributed by atoms with E-state index in [9.17, 15) is 22.9 Å². The third-order valence-corrected chi connectivity index (χ3v) is 3.33. The summed E-state index contributed by atoms with van der Waals surface area (Å²) >= 11 is 0. The van der Waals surface area contributed by atoms with Gasteiger partial charge in [0, 0.05) is 6.07 Å². The maximum absolute atomic E-state index is 13.2. The first-order chi connectivity index (χ1) is 7.79. The number of halogens is 1. The summed E-state index contributed by atoms with van der Waals surface area (Å²) in [6, 6.07) is 1.42. The Morgan fingerprint density at radius 3 is 2.53 bits per heavy atom. The molecule has 0 saturated carbocycles. The molecule has 0 bridgehead atoms. The Hall–Kier alpha value is -1.58. The summed E-state index contributed by atoms with van der Waals surface area (Å²) in [6.45, 7) is 1.32. The van der Waals surface area contributed by atoms with E-state index in [4.69, 9.17) is 0 Å². The minimum absolute atomic E-state index is 0.0395. The Bertz CT molecular complexity index is 557. The van der Waals surface area contributed by atoms with Gasteiger partial charge in [0.2, 0.25) is 5.82 Å². The molecule has 0 aliphatic heterocycles. The van der Waals surface area contributed by atoms with Crippen LogP contribution in [0.25, 0.3) is 0 Å². The van der Waals surface area contributed by atoms with Gasteiger partial charge in [-0.15, -0.1) is 0 Å². The van der Waals surface area contributed by atoms with Gasteiger partial charge in [0.15, 0.2) is 0 Å². The quantitative estimate of drug-likeness (QED) is 0.643. The number of nitro groups is 1. The van der Waals surface area contributed by atoms with Crippen LogP contribution in [-0.4, -0.2) is 20.5 Å². The molecule has 17 heavy (non-hydrogen) atoms. The second-order valence-electron chi connectivity index (χ2n) is 3.12. The van der Waals surface area contributed by atoms with E-state index in [-0.39, 0.29) is 5.56 Å². The molecule has 1 N–H and O–H groups in total. The summed E-state index contributed by atoms with van der Waals surface area (Å²) in [5.74, 6) is -1.09. The zero-order valence-electron chi connectivity index (χ0n) is 8.93. The van der Waals surface area contributed by atoms with Crippen LogP contribution in [0.15, 0.2) is 17.0 Å². The van der Waals surface area contributed by atoms with E-state index in [2.05, 4.69) is 4.84 Å². The van der Waals surface area contributed by atoms with Gasteiger partial charge in [-0.3, -0.25) is 15.0 Å². The fraction of sp³-hybridized carbons (Fsp3) is 0.250. The Morgan fingerprint density at radius 2 is 2.06 bits per heavy atom. The fourth-order valence-electron chi connectivity index (χ4n) is 1.23. The molecule has 1 aromatic carbocycles. The Balaban J connectivity index is 3.45. The first-order valence-electron chi connectivity index (χ1n) is 4.29. The van der Waals surface area contributed by atoms with Crippen molar-refractivity contribution in [1.29, 1.82) is 0 Å². The summed E-state index contributed by atoms with van der Waals surface area (Å²) in [5, 5.41) is 10.5. The summed E-state index contributed by atoms with van der Waals surface area (Å²) in [4.78, 5) is 15.0. The average Bonchev–Trinajstić information content (AvgIpc) is 2.15. The van der Waals surface area contributed by atoms with Crippen LogP contribution in [0.4, 0.5) is 10.1 Å². The van der Waals surface area contributed by atoms with Gasteiger partial charge in [-0.1, -0.05) is 4.89 Å². The van der Waals surface area contributed by atoms with Crippen molar-refractivity contribution in [3.05, 3.63) is 33.6 Å². The van der Waals surface area contributed by atoms with Crippen LogP contribution in [-0.2, 0) is 14.9 Å². The topological polar surface area (TPSA) is 98.5 Å². The van der Waals surface area contributed by atoms with E-state index in [0.29, 0.717) is 6.07 Å². The number of sulfonamides is 1. The van der Waals surface area contributed by atoms with Crippen LogP contribution in [0.5, 0.6) is 0 Å². The zero-order chi connectivity index (χ0) is 13.2. The second kappa shape index (κ2) is 4.73. The smallest absolute Gasteiger partial charge is 0.290 e. The minimum atomic E-state index is -4.06. The molecule has 0 spiro atoms. The number of nitrogens with one attached hydrogen (secondary N) is 1. The predicted octanol–water partition coefficient (Wildman–Crippen LogP) is 0.882. The standard InChI is InChI=1S/C8H9FN2O5S/c1-5-3-6(9)7(11(12)13)4-8(5)17(14,15)10-16-2/h3-4,10H,1-2H3. The van der Waals surface area contributed by atoms with Crippen LogP contribution < -0.4 is 4.89 Å². The van der Waals surface area contributed by atoms with Crippen molar-refractivity contribution < 1.29 is 22.6 Å². The molecule has 0 atom stereocenters. The highest BCUT2D eigenvalue weighted by molar-refractivity contribution is 7.89. The number of aryl methyl sites for hydroxylation is 1. The summed E-state index contributed by atoms with van der Waals surface area (Å²) < 4.78 is 36.3. The summed E-state index contributed by atoms with van der Waals surface area (Å²) in [7, 11) is -2.98. The first kappa shape index (κ1) is 13.5. The molecule has 1 rings (SSSR count). The molecule has 0 radical (unpaired) electrons. The summed E-state index contributed by atoms with van der Waals surface area (Å²) in [6.07, 6.45) is 0. The maximum atomic E-state index is 13.2. The highest BCUT2D eigenvalue weighted by Crippen LogP contribution is 2.24. The molecular formula is C8H9FN2O5S. The first-order valence-corrected chi connectivity index (χ1v) is 5.77. The van der Waals surface area contributed by atoms with Crippen LogP contribution >= 0.6 is 0 Å². The highest BCUT2D eigenvalue weighted by Gasteiger charge is 2.24. The predicted molar refractivity (Wildman–Crippen MR) is 55.1 cm³/mol. The Morgan fingerprint density at radius 1 is 1.47 bits per heavy atom. The fourth-order valence-corrected chi connectivity index (χ4v) is 2.28. The number of nitro benzene ring substituents is 1. The Labute approximate surface area is 96.4 Å². The lowest BCUT2D eigenvalue weighted by molar-refractivity contribution is -0.387. The molecule has 0 aliphatic carbocycles. The van der Waals surface area contributed by atoms with E-state index in [1.165, 1.54) is 6.92 Å². The van der Waals surface area contributed by atoms with Gasteiger partial charge in [-0.25, -0.2) is 8.42 Å². The van der Waals surface area contributed by atoms with E-state index in [1.54, 1.807) is 4.89 Å². The van der Waals surface area contributed by atoms with Crippen LogP contribution in [0.1, 0.15) is 5.56 Å². The molecule has 0 amide bonds. The monoisotopic (exact) mass is 264 g/mol. The van der Waals surface area contributed by atoms with Gasteiger partial charge in [0.05, 0.1) is 16.9 Å². The highest BCUT2D eigenvalue weighted by atomic mass is 32.2. The number of benzene rings is 1. The third-order valence-electron chi connectivity index (χ3n) is 1.92. The number of nitrogens with zero attached hydrogens (tertiary/aromatic N) is 1. The van der Waals surface area contributed by atoms with Crippen molar-refractivity contribution in [3.63, 3.8) is 0 Å². The van der Waals surface area contributed by atoms with Gasteiger partial charge in [-0.2, -0.15) is 4.39 Å². The molecule has 0 fully saturated rings. The molecular weight excluding hydrogens is 255 g/mol.